The molecular weight excluding hydrogens is 256 g/mol. The number of nitrogens with one attached hydrogen (secondary N) is 2. The Bertz CT molecular complexity index is 633. The number of nitrogens with zero attached hydrogens (tertiary/aromatic N) is 2. The SMILES string of the molecule is COCC(C)NC(=O)c1c[nH]c2ncc(C3CC3)nc12. The van der Waals surface area contributed by atoms with E-state index in [4.69, 9.17) is 4.74 Å². The van der Waals surface area contributed by atoms with Crippen molar-refractivity contribution in [3.8, 4) is 0 Å². The van der Waals surface area contributed by atoms with Crippen molar-refractivity contribution >= 4 is 17.1 Å². The molecular formula is C14H18N4O2. The van der Waals surface area contributed by atoms with Crippen molar-refractivity contribution in [2.45, 2.75) is 31.7 Å². The number of rotatable bonds is 5. The van der Waals surface area contributed by atoms with E-state index in [-0.39, 0.29) is 11.9 Å². The number of carbonyl (C=O) groups excluding carboxylic acids is 1. The molecule has 1 atom stereocenters. The lowest BCUT2D eigenvalue weighted by atomic mass is 10.2. The third-order valence-electron chi connectivity index (χ3n) is 3.43. The Balaban J connectivity index is 1.86. The minimum absolute atomic E-state index is 0.0444. The van der Waals surface area contributed by atoms with Gasteiger partial charge in [0.15, 0.2) is 5.65 Å². The van der Waals surface area contributed by atoms with E-state index in [0.29, 0.717) is 29.3 Å². The monoisotopic (exact) mass is 274 g/mol. The summed E-state index contributed by atoms with van der Waals surface area (Å²) in [7, 11) is 1.61. The highest BCUT2D eigenvalue weighted by Gasteiger charge is 2.26. The van der Waals surface area contributed by atoms with Crippen LogP contribution in [0.25, 0.3) is 11.2 Å². The van der Waals surface area contributed by atoms with Crippen LogP contribution in [0.4, 0.5) is 0 Å². The second kappa shape index (κ2) is 5.20. The molecule has 0 spiro atoms. The number of hydrogen-bond donors (Lipinski definition) is 2. The van der Waals surface area contributed by atoms with Gasteiger partial charge in [-0.2, -0.15) is 0 Å². The van der Waals surface area contributed by atoms with Gasteiger partial charge < -0.3 is 15.0 Å². The van der Waals surface area contributed by atoms with Crippen LogP contribution in [-0.4, -0.2) is 40.6 Å². The first-order valence-corrected chi connectivity index (χ1v) is 6.83. The van der Waals surface area contributed by atoms with E-state index in [9.17, 15) is 4.79 Å². The summed E-state index contributed by atoms with van der Waals surface area (Å²) in [5.74, 6) is 0.369. The van der Waals surface area contributed by atoms with Gasteiger partial charge >= 0.3 is 0 Å². The number of carbonyl (C=O) groups is 1. The van der Waals surface area contributed by atoms with Crippen LogP contribution in [0.1, 0.15) is 41.7 Å². The highest BCUT2D eigenvalue weighted by atomic mass is 16.5. The molecule has 20 heavy (non-hydrogen) atoms. The molecule has 0 bridgehead atoms. The Labute approximate surface area is 117 Å². The van der Waals surface area contributed by atoms with Gasteiger partial charge in [-0.25, -0.2) is 9.97 Å². The number of fused-ring (bicyclic) bond motifs is 1. The zero-order chi connectivity index (χ0) is 14.1. The smallest absolute Gasteiger partial charge is 0.255 e. The number of methoxy groups -OCH3 is 1. The summed E-state index contributed by atoms with van der Waals surface area (Å²) < 4.78 is 5.02. The molecule has 1 aliphatic carbocycles. The summed E-state index contributed by atoms with van der Waals surface area (Å²) >= 11 is 0. The second-order valence-corrected chi connectivity index (χ2v) is 5.30. The maximum Gasteiger partial charge on any atom is 0.255 e. The van der Waals surface area contributed by atoms with Gasteiger partial charge in [-0.3, -0.25) is 4.79 Å². The third-order valence-corrected chi connectivity index (χ3v) is 3.43. The van der Waals surface area contributed by atoms with E-state index >= 15 is 0 Å². The highest BCUT2D eigenvalue weighted by Crippen LogP contribution is 2.39. The molecule has 6 nitrogen and oxygen atoms in total. The number of amides is 1. The summed E-state index contributed by atoms with van der Waals surface area (Å²) in [5, 5.41) is 2.89. The molecule has 1 aliphatic rings. The molecule has 0 saturated heterocycles. The van der Waals surface area contributed by atoms with Gasteiger partial charge in [0.25, 0.3) is 5.91 Å². The van der Waals surface area contributed by atoms with Crippen LogP contribution in [-0.2, 0) is 4.74 Å². The van der Waals surface area contributed by atoms with E-state index in [1.165, 1.54) is 0 Å². The summed E-state index contributed by atoms with van der Waals surface area (Å²) in [4.78, 5) is 24.2. The predicted molar refractivity (Wildman–Crippen MR) is 74.7 cm³/mol. The lowest BCUT2D eigenvalue weighted by Gasteiger charge is -2.11. The Morgan fingerprint density at radius 1 is 1.60 bits per heavy atom. The van der Waals surface area contributed by atoms with E-state index in [0.717, 1.165) is 18.5 Å². The van der Waals surface area contributed by atoms with E-state index in [1.807, 2.05) is 6.92 Å². The molecule has 6 heteroatoms. The van der Waals surface area contributed by atoms with Gasteiger partial charge in [0, 0.05) is 25.3 Å². The topological polar surface area (TPSA) is 79.9 Å². The van der Waals surface area contributed by atoms with Crippen LogP contribution in [0, 0.1) is 0 Å². The van der Waals surface area contributed by atoms with Crippen molar-refractivity contribution in [3.63, 3.8) is 0 Å². The molecule has 1 unspecified atom stereocenters. The molecule has 2 aromatic heterocycles. The van der Waals surface area contributed by atoms with Crippen LogP contribution in [0.3, 0.4) is 0 Å². The number of aromatic nitrogens is 3. The number of H-pyrrole nitrogens is 1. The normalized spacial score (nSPS) is 16.3. The Hall–Kier alpha value is -1.95. The fraction of sp³-hybridized carbons (Fsp3) is 0.500. The minimum atomic E-state index is -0.150. The largest absolute Gasteiger partial charge is 0.383 e. The highest BCUT2D eigenvalue weighted by molar-refractivity contribution is 6.04. The van der Waals surface area contributed by atoms with Gasteiger partial charge in [0.2, 0.25) is 0 Å². The zero-order valence-electron chi connectivity index (χ0n) is 11.6. The quantitative estimate of drug-likeness (QED) is 0.868. The number of aromatic amines is 1. The van der Waals surface area contributed by atoms with Gasteiger partial charge in [0.05, 0.1) is 24.1 Å². The molecule has 1 fully saturated rings. The van der Waals surface area contributed by atoms with Crippen molar-refractivity contribution in [1.29, 1.82) is 0 Å². The average molecular weight is 274 g/mol. The Morgan fingerprint density at radius 3 is 3.10 bits per heavy atom. The summed E-state index contributed by atoms with van der Waals surface area (Å²) in [6, 6.07) is -0.0444. The molecule has 2 aromatic rings. The lowest BCUT2D eigenvalue weighted by Crippen LogP contribution is -2.35. The minimum Gasteiger partial charge on any atom is -0.383 e. The molecule has 0 radical (unpaired) electrons. The molecule has 0 aromatic carbocycles. The van der Waals surface area contributed by atoms with E-state index < -0.39 is 0 Å². The van der Waals surface area contributed by atoms with Gasteiger partial charge in [-0.1, -0.05) is 0 Å². The van der Waals surface area contributed by atoms with Crippen molar-refractivity contribution in [2.24, 2.45) is 0 Å². The first-order chi connectivity index (χ1) is 9.69. The third kappa shape index (κ3) is 2.51. The number of hydrogen-bond acceptors (Lipinski definition) is 4. The summed E-state index contributed by atoms with van der Waals surface area (Å²) in [6.07, 6.45) is 5.79. The Kier molecular flexibility index (Phi) is 3.40. The number of ether oxygens (including phenoxy) is 1. The van der Waals surface area contributed by atoms with Crippen molar-refractivity contribution in [2.75, 3.05) is 13.7 Å². The zero-order valence-corrected chi connectivity index (χ0v) is 11.6. The van der Waals surface area contributed by atoms with Crippen molar-refractivity contribution in [3.05, 3.63) is 23.7 Å². The molecule has 3 rings (SSSR count). The van der Waals surface area contributed by atoms with Crippen molar-refractivity contribution < 1.29 is 9.53 Å². The van der Waals surface area contributed by atoms with E-state index in [2.05, 4.69) is 20.3 Å². The lowest BCUT2D eigenvalue weighted by molar-refractivity contribution is 0.0907. The maximum atomic E-state index is 12.2. The second-order valence-electron chi connectivity index (χ2n) is 5.30. The summed E-state index contributed by atoms with van der Waals surface area (Å²) in [6.45, 7) is 2.38. The maximum absolute atomic E-state index is 12.2. The van der Waals surface area contributed by atoms with Crippen LogP contribution in [0.2, 0.25) is 0 Å². The molecule has 2 N–H and O–H groups in total. The summed E-state index contributed by atoms with van der Waals surface area (Å²) in [5.41, 5.74) is 2.82. The van der Waals surface area contributed by atoms with E-state index in [1.54, 1.807) is 19.5 Å². The molecule has 0 aliphatic heterocycles. The fourth-order valence-electron chi connectivity index (χ4n) is 2.25. The molecule has 1 amide bonds. The average Bonchev–Trinajstić information content (AvgIpc) is 3.18. The molecule has 1 saturated carbocycles. The van der Waals surface area contributed by atoms with Crippen molar-refractivity contribution in [1.82, 2.24) is 20.3 Å². The predicted octanol–water partition coefficient (Wildman–Crippen LogP) is 1.60. The molecule has 106 valence electrons. The fourth-order valence-corrected chi connectivity index (χ4v) is 2.25. The van der Waals surface area contributed by atoms with Crippen LogP contribution in [0.5, 0.6) is 0 Å². The van der Waals surface area contributed by atoms with Gasteiger partial charge in [0.1, 0.15) is 5.52 Å². The first kappa shape index (κ1) is 13.1. The first-order valence-electron chi connectivity index (χ1n) is 6.83. The van der Waals surface area contributed by atoms with Crippen LogP contribution in [0.15, 0.2) is 12.4 Å². The van der Waals surface area contributed by atoms with Gasteiger partial charge in [-0.05, 0) is 19.8 Å². The molecule has 2 heterocycles. The Morgan fingerprint density at radius 2 is 2.40 bits per heavy atom. The van der Waals surface area contributed by atoms with Gasteiger partial charge in [-0.15, -0.1) is 0 Å². The van der Waals surface area contributed by atoms with Crippen LogP contribution >= 0.6 is 0 Å². The standard InChI is InChI=1S/C14H18N4O2/c1-8(7-20-2)17-14(19)10-5-15-13-12(10)18-11(6-16-13)9-3-4-9/h5-6,8-9H,3-4,7H2,1-2H3,(H,15,16)(H,17,19). The van der Waals surface area contributed by atoms with Crippen LogP contribution < -0.4 is 5.32 Å².